The Bertz CT molecular complexity index is 465. The van der Waals surface area contributed by atoms with Gasteiger partial charge in [0.15, 0.2) is 0 Å². The molecule has 1 aromatic carbocycles. The van der Waals surface area contributed by atoms with Crippen LogP contribution in [-0.4, -0.2) is 24.9 Å². The van der Waals surface area contributed by atoms with Gasteiger partial charge in [-0.3, -0.25) is 4.79 Å². The van der Waals surface area contributed by atoms with Gasteiger partial charge in [-0.05, 0) is 31.0 Å². The minimum absolute atomic E-state index is 0.00630. The van der Waals surface area contributed by atoms with Crippen LogP contribution in [0.3, 0.4) is 0 Å². The van der Waals surface area contributed by atoms with Gasteiger partial charge in [0.25, 0.3) is 0 Å². The fourth-order valence-electron chi connectivity index (χ4n) is 1.50. The highest BCUT2D eigenvalue weighted by Gasteiger charge is 2.14. The fraction of sp³-hybridized carbons (Fsp3) is 0.385. The smallest absolute Gasteiger partial charge is 0.340 e. The van der Waals surface area contributed by atoms with Crippen molar-refractivity contribution in [2.24, 2.45) is 0 Å². The van der Waals surface area contributed by atoms with E-state index in [1.807, 2.05) is 0 Å². The van der Waals surface area contributed by atoms with E-state index in [0.29, 0.717) is 18.7 Å². The quantitative estimate of drug-likeness (QED) is 0.497. The lowest BCUT2D eigenvalue weighted by Crippen LogP contribution is -2.15. The first-order chi connectivity index (χ1) is 9.08. The first-order valence-electron chi connectivity index (χ1n) is 5.82. The van der Waals surface area contributed by atoms with Crippen LogP contribution in [0.2, 0.25) is 0 Å². The fourth-order valence-corrected chi connectivity index (χ4v) is 1.69. The van der Waals surface area contributed by atoms with Crippen molar-refractivity contribution < 1.29 is 18.7 Å². The molecular weight excluding hydrogens is 273 g/mol. The number of carbonyl (C=O) groups excluding carboxylic acids is 2. The molecule has 0 atom stereocenters. The summed E-state index contributed by atoms with van der Waals surface area (Å²) in [6, 6.07) is 3.53. The van der Waals surface area contributed by atoms with Gasteiger partial charge in [-0.2, -0.15) is 0 Å². The van der Waals surface area contributed by atoms with Crippen LogP contribution >= 0.6 is 11.6 Å². The number of alkyl halides is 1. The summed E-state index contributed by atoms with van der Waals surface area (Å²) in [7, 11) is 1.19. The number of esters is 1. The third-order valence-electron chi connectivity index (χ3n) is 2.45. The van der Waals surface area contributed by atoms with E-state index in [0.717, 1.165) is 12.5 Å². The molecule has 0 heterocycles. The van der Waals surface area contributed by atoms with Gasteiger partial charge in [0.2, 0.25) is 5.91 Å². The molecule has 0 bridgehead atoms. The van der Waals surface area contributed by atoms with Crippen LogP contribution in [0.4, 0.5) is 10.1 Å². The molecule has 0 aliphatic rings. The number of hydrogen-bond acceptors (Lipinski definition) is 3. The molecule has 6 heteroatoms. The maximum Gasteiger partial charge on any atom is 0.340 e. The number of hydrogen-bond donors (Lipinski definition) is 1. The molecule has 1 amide bonds. The molecule has 0 unspecified atom stereocenters. The topological polar surface area (TPSA) is 55.4 Å². The number of rotatable bonds is 6. The summed E-state index contributed by atoms with van der Waals surface area (Å²) in [5.41, 5.74) is 0.234. The van der Waals surface area contributed by atoms with Crippen LogP contribution in [-0.2, 0) is 9.53 Å². The van der Waals surface area contributed by atoms with Crippen LogP contribution < -0.4 is 5.32 Å². The zero-order valence-electron chi connectivity index (χ0n) is 10.5. The molecule has 1 rings (SSSR count). The van der Waals surface area contributed by atoms with Crippen LogP contribution in [0.1, 0.15) is 29.6 Å². The zero-order chi connectivity index (χ0) is 14.3. The van der Waals surface area contributed by atoms with Crippen molar-refractivity contribution in [3.05, 3.63) is 29.6 Å². The summed E-state index contributed by atoms with van der Waals surface area (Å²) in [5.74, 6) is -1.02. The monoisotopic (exact) mass is 287 g/mol. The second-order valence-corrected chi connectivity index (χ2v) is 4.25. The number of unbranched alkanes of at least 4 members (excludes halogenated alkanes) is 1. The Labute approximate surface area is 115 Å². The van der Waals surface area contributed by atoms with E-state index in [9.17, 15) is 14.0 Å². The summed E-state index contributed by atoms with van der Waals surface area (Å²) in [6.07, 6.45) is 1.69. The van der Waals surface area contributed by atoms with Crippen molar-refractivity contribution in [1.82, 2.24) is 0 Å². The SMILES string of the molecule is COC(=O)c1cc(F)ccc1NC(=O)CCCCCl. The Morgan fingerprint density at radius 1 is 1.37 bits per heavy atom. The summed E-state index contributed by atoms with van der Waals surface area (Å²) in [5, 5.41) is 2.56. The highest BCUT2D eigenvalue weighted by Crippen LogP contribution is 2.18. The number of methoxy groups -OCH3 is 1. The van der Waals surface area contributed by atoms with E-state index in [1.54, 1.807) is 0 Å². The number of halogens is 2. The predicted molar refractivity (Wildman–Crippen MR) is 70.9 cm³/mol. The van der Waals surface area contributed by atoms with Crippen molar-refractivity contribution in [3.63, 3.8) is 0 Å². The van der Waals surface area contributed by atoms with Crippen molar-refractivity contribution in [2.45, 2.75) is 19.3 Å². The van der Waals surface area contributed by atoms with Crippen LogP contribution in [0.5, 0.6) is 0 Å². The van der Waals surface area contributed by atoms with Gasteiger partial charge in [0.1, 0.15) is 5.82 Å². The minimum Gasteiger partial charge on any atom is -0.465 e. The molecule has 0 saturated heterocycles. The molecule has 0 saturated carbocycles. The first-order valence-corrected chi connectivity index (χ1v) is 6.35. The van der Waals surface area contributed by atoms with Gasteiger partial charge < -0.3 is 10.1 Å². The standard InChI is InChI=1S/C13H15ClFNO3/c1-19-13(18)10-8-9(15)5-6-11(10)16-12(17)4-2-3-7-14/h5-6,8H,2-4,7H2,1H3,(H,16,17). The largest absolute Gasteiger partial charge is 0.465 e. The number of benzene rings is 1. The Morgan fingerprint density at radius 3 is 2.74 bits per heavy atom. The van der Waals surface area contributed by atoms with Crippen LogP contribution in [0, 0.1) is 5.82 Å². The highest BCUT2D eigenvalue weighted by atomic mass is 35.5. The van der Waals surface area contributed by atoms with E-state index < -0.39 is 11.8 Å². The van der Waals surface area contributed by atoms with Crippen molar-refractivity contribution in [2.75, 3.05) is 18.3 Å². The normalized spacial score (nSPS) is 10.1. The van der Waals surface area contributed by atoms with Gasteiger partial charge in [-0.25, -0.2) is 9.18 Å². The summed E-state index contributed by atoms with van der Waals surface area (Å²) >= 11 is 5.51. The summed E-state index contributed by atoms with van der Waals surface area (Å²) in [4.78, 5) is 23.1. The molecule has 4 nitrogen and oxygen atoms in total. The average Bonchev–Trinajstić information content (AvgIpc) is 2.40. The van der Waals surface area contributed by atoms with Crippen LogP contribution in [0.25, 0.3) is 0 Å². The van der Waals surface area contributed by atoms with Gasteiger partial charge in [-0.1, -0.05) is 0 Å². The molecule has 0 fully saturated rings. The third-order valence-corrected chi connectivity index (χ3v) is 2.72. The lowest BCUT2D eigenvalue weighted by Gasteiger charge is -2.09. The summed E-state index contributed by atoms with van der Waals surface area (Å²) < 4.78 is 17.6. The molecule has 19 heavy (non-hydrogen) atoms. The second-order valence-electron chi connectivity index (χ2n) is 3.88. The molecule has 0 aliphatic heterocycles. The van der Waals surface area contributed by atoms with E-state index in [2.05, 4.69) is 10.1 Å². The molecule has 0 aromatic heterocycles. The van der Waals surface area contributed by atoms with E-state index in [-0.39, 0.29) is 17.2 Å². The Kier molecular flexibility index (Phi) is 6.29. The maximum absolute atomic E-state index is 13.1. The lowest BCUT2D eigenvalue weighted by molar-refractivity contribution is -0.116. The maximum atomic E-state index is 13.1. The van der Waals surface area contributed by atoms with Crippen molar-refractivity contribution in [3.8, 4) is 0 Å². The molecule has 104 valence electrons. The molecule has 1 N–H and O–H groups in total. The summed E-state index contributed by atoms with van der Waals surface area (Å²) in [6.45, 7) is 0. The van der Waals surface area contributed by atoms with Crippen molar-refractivity contribution >= 4 is 29.2 Å². The van der Waals surface area contributed by atoms with E-state index in [4.69, 9.17) is 11.6 Å². The Balaban J connectivity index is 2.77. The lowest BCUT2D eigenvalue weighted by atomic mass is 10.1. The van der Waals surface area contributed by atoms with Gasteiger partial charge in [-0.15, -0.1) is 11.6 Å². The molecule has 0 spiro atoms. The second kappa shape index (κ2) is 7.74. The number of ether oxygens (including phenoxy) is 1. The third kappa shape index (κ3) is 4.87. The number of carbonyl (C=O) groups is 2. The minimum atomic E-state index is -0.699. The number of nitrogens with one attached hydrogen (secondary N) is 1. The van der Waals surface area contributed by atoms with Gasteiger partial charge >= 0.3 is 5.97 Å². The molecule has 0 radical (unpaired) electrons. The molecular formula is C13H15ClFNO3. The average molecular weight is 288 g/mol. The Morgan fingerprint density at radius 2 is 2.11 bits per heavy atom. The predicted octanol–water partition coefficient (Wildman–Crippen LogP) is 2.96. The Hall–Kier alpha value is -1.62. The van der Waals surface area contributed by atoms with Gasteiger partial charge in [0.05, 0.1) is 18.4 Å². The number of anilines is 1. The van der Waals surface area contributed by atoms with Crippen molar-refractivity contribution in [1.29, 1.82) is 0 Å². The zero-order valence-corrected chi connectivity index (χ0v) is 11.3. The molecule has 1 aromatic rings. The number of amides is 1. The van der Waals surface area contributed by atoms with E-state index >= 15 is 0 Å². The first kappa shape index (κ1) is 15.4. The van der Waals surface area contributed by atoms with E-state index in [1.165, 1.54) is 19.2 Å². The van der Waals surface area contributed by atoms with Crippen LogP contribution in [0.15, 0.2) is 18.2 Å². The molecule has 0 aliphatic carbocycles. The highest BCUT2D eigenvalue weighted by molar-refractivity contribution is 6.17. The van der Waals surface area contributed by atoms with Gasteiger partial charge in [0, 0.05) is 12.3 Å².